The first kappa shape index (κ1) is 13.3. The maximum Gasteiger partial charge on any atom is 0.133 e. The maximum atomic E-state index is 12.9. The summed E-state index contributed by atoms with van der Waals surface area (Å²) < 4.78 is 12.9. The summed E-state index contributed by atoms with van der Waals surface area (Å²) in [6.07, 6.45) is 0. The van der Waals surface area contributed by atoms with Gasteiger partial charge in [0, 0.05) is 5.71 Å². The Balaban J connectivity index is 2.78. The maximum absolute atomic E-state index is 12.9. The van der Waals surface area contributed by atoms with Crippen molar-refractivity contribution in [3.05, 3.63) is 35.6 Å². The third-order valence-electron chi connectivity index (χ3n) is 2.23. The van der Waals surface area contributed by atoms with Gasteiger partial charge in [-0.25, -0.2) is 4.39 Å². The highest BCUT2D eigenvalue weighted by molar-refractivity contribution is 7.80. The molecular formula is C12H12FN3S. The predicted molar refractivity (Wildman–Crippen MR) is 69.1 cm³/mol. The van der Waals surface area contributed by atoms with Crippen LogP contribution in [0, 0.1) is 23.1 Å². The molecule has 0 saturated carbocycles. The van der Waals surface area contributed by atoms with E-state index in [0.29, 0.717) is 12.3 Å². The molecule has 0 saturated heterocycles. The van der Waals surface area contributed by atoms with Crippen molar-refractivity contribution in [2.75, 3.05) is 0 Å². The van der Waals surface area contributed by atoms with Crippen LogP contribution in [-0.2, 0) is 6.54 Å². The Morgan fingerprint density at radius 3 is 2.88 bits per heavy atom. The molecule has 0 bridgehead atoms. The Hall–Kier alpha value is -1.80. The molecule has 88 valence electrons. The normalized spacial score (nSPS) is 12.9. The van der Waals surface area contributed by atoms with Gasteiger partial charge in [0.2, 0.25) is 0 Å². The van der Waals surface area contributed by atoms with Gasteiger partial charge in [0.1, 0.15) is 11.7 Å². The fourth-order valence-electron chi connectivity index (χ4n) is 1.31. The molecule has 0 aliphatic heterocycles. The first-order chi connectivity index (χ1) is 8.04. The zero-order valence-corrected chi connectivity index (χ0v) is 10.2. The van der Waals surface area contributed by atoms with Crippen LogP contribution < -0.4 is 5.73 Å². The highest BCUT2D eigenvalue weighted by Crippen LogP contribution is 2.07. The fraction of sp³-hybridized carbons (Fsp3) is 0.250. The summed E-state index contributed by atoms with van der Waals surface area (Å²) in [6.45, 7) is 2.00. The van der Waals surface area contributed by atoms with E-state index in [0.717, 1.165) is 5.56 Å². The lowest BCUT2D eigenvalue weighted by molar-refractivity contribution is 0.625. The quantitative estimate of drug-likeness (QED) is 0.657. The largest absolute Gasteiger partial charge is 0.392 e. The number of nitrogens with zero attached hydrogens (tertiary/aromatic N) is 2. The number of rotatable bonds is 4. The molecule has 0 aliphatic carbocycles. The third-order valence-corrected chi connectivity index (χ3v) is 2.47. The smallest absolute Gasteiger partial charge is 0.133 e. The fourth-order valence-corrected chi connectivity index (χ4v) is 1.53. The first-order valence-corrected chi connectivity index (χ1v) is 5.39. The summed E-state index contributed by atoms with van der Waals surface area (Å²) in [5.74, 6) is -0.958. The van der Waals surface area contributed by atoms with Crippen LogP contribution in [0.3, 0.4) is 0 Å². The second kappa shape index (κ2) is 6.06. The van der Waals surface area contributed by atoms with Gasteiger partial charge in [-0.2, -0.15) is 5.26 Å². The van der Waals surface area contributed by atoms with Gasteiger partial charge in [-0.05, 0) is 24.6 Å². The molecule has 0 spiro atoms. The summed E-state index contributed by atoms with van der Waals surface area (Å²) in [7, 11) is 0. The Labute approximate surface area is 105 Å². The van der Waals surface area contributed by atoms with E-state index >= 15 is 0 Å². The lowest BCUT2D eigenvalue weighted by Crippen LogP contribution is -2.25. The number of benzene rings is 1. The van der Waals surface area contributed by atoms with E-state index in [1.807, 2.05) is 6.07 Å². The van der Waals surface area contributed by atoms with Crippen LogP contribution in [-0.4, -0.2) is 10.7 Å². The minimum absolute atomic E-state index is 0.105. The summed E-state index contributed by atoms with van der Waals surface area (Å²) in [4.78, 5) is 4.29. The summed E-state index contributed by atoms with van der Waals surface area (Å²) in [5, 5.41) is 8.85. The molecule has 1 rings (SSSR count). The van der Waals surface area contributed by atoms with Gasteiger partial charge >= 0.3 is 0 Å². The van der Waals surface area contributed by atoms with Crippen LogP contribution in [0.1, 0.15) is 12.5 Å². The van der Waals surface area contributed by atoms with Crippen LogP contribution in [0.4, 0.5) is 4.39 Å². The second-order valence-corrected chi connectivity index (χ2v) is 4.02. The molecule has 0 aliphatic rings. The van der Waals surface area contributed by atoms with Crippen molar-refractivity contribution in [2.24, 2.45) is 16.6 Å². The average molecular weight is 249 g/mol. The van der Waals surface area contributed by atoms with E-state index in [1.165, 1.54) is 12.1 Å². The molecule has 0 fully saturated rings. The van der Waals surface area contributed by atoms with E-state index in [2.05, 4.69) is 4.99 Å². The molecule has 0 amide bonds. The van der Waals surface area contributed by atoms with Crippen LogP contribution in [0.5, 0.6) is 0 Å². The molecule has 1 atom stereocenters. The van der Waals surface area contributed by atoms with Crippen molar-refractivity contribution >= 4 is 22.9 Å². The predicted octanol–water partition coefficient (Wildman–Crippen LogP) is 2.21. The molecule has 0 aromatic heterocycles. The zero-order chi connectivity index (χ0) is 12.8. The van der Waals surface area contributed by atoms with E-state index in [1.54, 1.807) is 19.1 Å². The number of hydrogen-bond donors (Lipinski definition) is 1. The lowest BCUT2D eigenvalue weighted by atomic mass is 10.1. The topological polar surface area (TPSA) is 62.2 Å². The highest BCUT2D eigenvalue weighted by Gasteiger charge is 2.13. The molecule has 3 nitrogen and oxygen atoms in total. The molecule has 0 heterocycles. The van der Waals surface area contributed by atoms with Gasteiger partial charge in [0.05, 0.1) is 17.6 Å². The van der Waals surface area contributed by atoms with Gasteiger partial charge in [0.25, 0.3) is 0 Å². The number of aliphatic imine (C=N–C) groups is 1. The van der Waals surface area contributed by atoms with E-state index in [4.69, 9.17) is 23.2 Å². The minimum atomic E-state index is -0.654. The van der Waals surface area contributed by atoms with E-state index < -0.39 is 5.92 Å². The SMILES string of the molecule is CC(=NCc1cccc(F)c1)C(C#N)C(N)=S. The Morgan fingerprint density at radius 2 is 2.35 bits per heavy atom. The number of halogens is 1. The Morgan fingerprint density at radius 1 is 1.65 bits per heavy atom. The molecular weight excluding hydrogens is 237 g/mol. The number of hydrogen-bond acceptors (Lipinski definition) is 3. The van der Waals surface area contributed by atoms with Crippen molar-refractivity contribution in [1.82, 2.24) is 0 Å². The highest BCUT2D eigenvalue weighted by atomic mass is 32.1. The molecule has 1 aromatic carbocycles. The molecule has 17 heavy (non-hydrogen) atoms. The van der Waals surface area contributed by atoms with Crippen molar-refractivity contribution in [3.8, 4) is 6.07 Å². The van der Waals surface area contributed by atoms with Gasteiger partial charge in [-0.3, -0.25) is 4.99 Å². The molecule has 5 heteroatoms. The average Bonchev–Trinajstić information content (AvgIpc) is 2.27. The van der Waals surface area contributed by atoms with Gasteiger partial charge in [-0.15, -0.1) is 0 Å². The summed E-state index contributed by atoms with van der Waals surface area (Å²) >= 11 is 4.76. The second-order valence-electron chi connectivity index (χ2n) is 3.55. The van der Waals surface area contributed by atoms with Crippen molar-refractivity contribution in [3.63, 3.8) is 0 Å². The summed E-state index contributed by atoms with van der Waals surface area (Å²) in [6, 6.07) is 8.13. The standard InChI is InChI=1S/C12H12FN3S/c1-8(11(6-14)12(15)17)16-7-9-3-2-4-10(13)5-9/h2-5,11H,7H2,1H3,(H2,15,17). The monoisotopic (exact) mass is 249 g/mol. The molecule has 2 N–H and O–H groups in total. The van der Waals surface area contributed by atoms with Crippen LogP contribution in [0.25, 0.3) is 0 Å². The van der Waals surface area contributed by atoms with Gasteiger partial charge in [0.15, 0.2) is 0 Å². The molecule has 1 unspecified atom stereocenters. The lowest BCUT2D eigenvalue weighted by Gasteiger charge is -2.06. The van der Waals surface area contributed by atoms with E-state index in [-0.39, 0.29) is 10.8 Å². The van der Waals surface area contributed by atoms with Gasteiger partial charge in [-0.1, -0.05) is 24.4 Å². The van der Waals surface area contributed by atoms with Crippen molar-refractivity contribution in [1.29, 1.82) is 5.26 Å². The minimum Gasteiger partial charge on any atom is -0.392 e. The molecule has 0 radical (unpaired) electrons. The Bertz CT molecular complexity index is 491. The van der Waals surface area contributed by atoms with Crippen molar-refractivity contribution in [2.45, 2.75) is 13.5 Å². The third kappa shape index (κ3) is 3.93. The van der Waals surface area contributed by atoms with Crippen LogP contribution in [0.15, 0.2) is 29.3 Å². The van der Waals surface area contributed by atoms with Gasteiger partial charge < -0.3 is 5.73 Å². The van der Waals surface area contributed by atoms with Crippen LogP contribution in [0.2, 0.25) is 0 Å². The zero-order valence-electron chi connectivity index (χ0n) is 9.35. The number of nitriles is 1. The van der Waals surface area contributed by atoms with Crippen molar-refractivity contribution < 1.29 is 4.39 Å². The Kier molecular flexibility index (Phi) is 4.73. The van der Waals surface area contributed by atoms with Crippen LogP contribution >= 0.6 is 12.2 Å². The molecule has 1 aromatic rings. The number of thiocarbonyl (C=S) groups is 1. The first-order valence-electron chi connectivity index (χ1n) is 4.99. The van der Waals surface area contributed by atoms with E-state index in [9.17, 15) is 4.39 Å². The summed E-state index contributed by atoms with van der Waals surface area (Å²) in [5.41, 5.74) is 6.69. The number of nitrogens with two attached hydrogens (primary N) is 1.